The lowest BCUT2D eigenvalue weighted by Crippen LogP contribution is -2.08. The lowest BCUT2D eigenvalue weighted by Gasteiger charge is -2.13. The van der Waals surface area contributed by atoms with Gasteiger partial charge < -0.3 is 9.47 Å². The Balaban J connectivity index is 2.28. The normalized spacial score (nSPS) is 10.8. The maximum Gasteiger partial charge on any atom is 0.338 e. The van der Waals surface area contributed by atoms with E-state index in [0.717, 1.165) is 33.9 Å². The highest BCUT2D eigenvalue weighted by atomic mass is 16.5. The summed E-state index contributed by atoms with van der Waals surface area (Å²) in [6, 6.07) is 11.3. The highest BCUT2D eigenvalue weighted by Gasteiger charge is 2.16. The summed E-state index contributed by atoms with van der Waals surface area (Å²) in [4.78, 5) is 16.5. The van der Waals surface area contributed by atoms with Crippen LogP contribution in [0.4, 0.5) is 0 Å². The average Bonchev–Trinajstić information content (AvgIpc) is 2.89. The lowest BCUT2D eigenvalue weighted by molar-refractivity contribution is 0.0600. The zero-order valence-corrected chi connectivity index (χ0v) is 13.6. The van der Waals surface area contributed by atoms with Crippen LogP contribution in [0.2, 0.25) is 0 Å². The summed E-state index contributed by atoms with van der Waals surface area (Å²) in [7, 11) is 3.02. The summed E-state index contributed by atoms with van der Waals surface area (Å²) >= 11 is 0. The Bertz CT molecular complexity index is 897. The quantitative estimate of drug-likeness (QED) is 0.695. The van der Waals surface area contributed by atoms with Crippen molar-refractivity contribution in [1.29, 1.82) is 0 Å². The standard InChI is InChI=1S/C18H18N2O3/c1-11-14(18(21)23-4)6-5-7-16(11)20-12(2)19-15-9-8-13(22-3)10-17(15)20/h5-10H,1-4H3. The molecule has 0 saturated heterocycles. The third kappa shape index (κ3) is 2.44. The van der Waals surface area contributed by atoms with Gasteiger partial charge in [-0.3, -0.25) is 4.57 Å². The molecule has 3 rings (SSSR count). The van der Waals surface area contributed by atoms with Gasteiger partial charge in [-0.05, 0) is 43.7 Å². The SMILES string of the molecule is COC(=O)c1cccc(-n2c(C)nc3ccc(OC)cc32)c1C. The molecule has 23 heavy (non-hydrogen) atoms. The van der Waals surface area contributed by atoms with Crippen LogP contribution in [0.25, 0.3) is 16.7 Å². The van der Waals surface area contributed by atoms with Crippen LogP contribution in [0.15, 0.2) is 36.4 Å². The van der Waals surface area contributed by atoms with Crippen molar-refractivity contribution in [3.05, 3.63) is 53.3 Å². The molecule has 1 heterocycles. The number of ether oxygens (including phenoxy) is 2. The topological polar surface area (TPSA) is 53.4 Å². The van der Waals surface area contributed by atoms with Gasteiger partial charge in [0.25, 0.3) is 0 Å². The summed E-state index contributed by atoms with van der Waals surface area (Å²) in [5.41, 5.74) is 4.12. The zero-order chi connectivity index (χ0) is 16.6. The molecule has 5 nitrogen and oxygen atoms in total. The van der Waals surface area contributed by atoms with Crippen LogP contribution >= 0.6 is 0 Å². The zero-order valence-electron chi connectivity index (χ0n) is 13.6. The monoisotopic (exact) mass is 310 g/mol. The summed E-state index contributed by atoms with van der Waals surface area (Å²) in [6.07, 6.45) is 0. The largest absolute Gasteiger partial charge is 0.497 e. The second-order valence-electron chi connectivity index (χ2n) is 5.29. The van der Waals surface area contributed by atoms with Crippen molar-refractivity contribution in [3.63, 3.8) is 0 Å². The van der Waals surface area contributed by atoms with Gasteiger partial charge in [0, 0.05) is 6.07 Å². The van der Waals surface area contributed by atoms with Crippen LogP contribution in [0, 0.1) is 13.8 Å². The molecule has 0 bridgehead atoms. The van der Waals surface area contributed by atoms with E-state index in [2.05, 4.69) is 4.98 Å². The molecule has 2 aromatic carbocycles. The van der Waals surface area contributed by atoms with Crippen molar-refractivity contribution in [2.45, 2.75) is 13.8 Å². The van der Waals surface area contributed by atoms with E-state index in [-0.39, 0.29) is 5.97 Å². The predicted octanol–water partition coefficient (Wildman–Crippen LogP) is 3.44. The molecule has 1 aromatic heterocycles. The number of carbonyl (C=O) groups is 1. The van der Waals surface area contributed by atoms with Crippen LogP contribution in [-0.4, -0.2) is 29.7 Å². The second-order valence-corrected chi connectivity index (χ2v) is 5.29. The second kappa shape index (κ2) is 5.76. The number of fused-ring (bicyclic) bond motifs is 1. The number of methoxy groups -OCH3 is 2. The number of aromatic nitrogens is 2. The fourth-order valence-corrected chi connectivity index (χ4v) is 2.80. The van der Waals surface area contributed by atoms with Crippen molar-refractivity contribution in [1.82, 2.24) is 9.55 Å². The molecule has 0 radical (unpaired) electrons. The maximum atomic E-state index is 11.9. The number of imidazole rings is 1. The first kappa shape index (κ1) is 15.1. The third-order valence-corrected chi connectivity index (χ3v) is 3.98. The van der Waals surface area contributed by atoms with E-state index in [1.54, 1.807) is 13.2 Å². The van der Waals surface area contributed by atoms with Crippen LogP contribution in [0.3, 0.4) is 0 Å². The van der Waals surface area contributed by atoms with Gasteiger partial charge >= 0.3 is 5.97 Å². The smallest absolute Gasteiger partial charge is 0.338 e. The van der Waals surface area contributed by atoms with Gasteiger partial charge in [0.05, 0.1) is 36.5 Å². The van der Waals surface area contributed by atoms with E-state index in [1.165, 1.54) is 7.11 Å². The summed E-state index contributed by atoms with van der Waals surface area (Å²) in [6.45, 7) is 3.85. The molecule has 3 aromatic rings. The van der Waals surface area contributed by atoms with Crippen molar-refractivity contribution in [2.75, 3.05) is 14.2 Å². The lowest BCUT2D eigenvalue weighted by atomic mass is 10.1. The van der Waals surface area contributed by atoms with Gasteiger partial charge in [0.2, 0.25) is 0 Å². The number of hydrogen-bond donors (Lipinski definition) is 0. The van der Waals surface area contributed by atoms with Gasteiger partial charge in [-0.2, -0.15) is 0 Å². The highest BCUT2D eigenvalue weighted by molar-refractivity contribution is 5.92. The molecular weight excluding hydrogens is 292 g/mol. The van der Waals surface area contributed by atoms with Crippen LogP contribution in [0.5, 0.6) is 5.75 Å². The average molecular weight is 310 g/mol. The van der Waals surface area contributed by atoms with E-state index in [1.807, 2.05) is 48.7 Å². The van der Waals surface area contributed by atoms with Crippen LogP contribution in [-0.2, 0) is 4.74 Å². The first-order chi connectivity index (χ1) is 11.1. The minimum atomic E-state index is -0.344. The fourth-order valence-electron chi connectivity index (χ4n) is 2.80. The molecule has 5 heteroatoms. The molecule has 0 saturated carbocycles. The van der Waals surface area contributed by atoms with Gasteiger partial charge in [-0.1, -0.05) is 6.07 Å². The van der Waals surface area contributed by atoms with E-state index >= 15 is 0 Å². The molecule has 0 aliphatic carbocycles. The molecule has 0 N–H and O–H groups in total. The van der Waals surface area contributed by atoms with Gasteiger partial charge in [0.1, 0.15) is 11.6 Å². The Morgan fingerprint density at radius 2 is 1.91 bits per heavy atom. The molecular formula is C18H18N2O3. The fraction of sp³-hybridized carbons (Fsp3) is 0.222. The number of nitrogens with zero attached hydrogens (tertiary/aromatic N) is 2. The Labute approximate surface area is 134 Å². The maximum absolute atomic E-state index is 11.9. The summed E-state index contributed by atoms with van der Waals surface area (Å²) < 4.78 is 12.2. The molecule has 0 aliphatic rings. The van der Waals surface area contributed by atoms with Crippen LogP contribution < -0.4 is 4.74 Å². The van der Waals surface area contributed by atoms with Crippen LogP contribution in [0.1, 0.15) is 21.7 Å². The Morgan fingerprint density at radius 1 is 1.13 bits per heavy atom. The van der Waals surface area contributed by atoms with Crippen molar-refractivity contribution < 1.29 is 14.3 Å². The van der Waals surface area contributed by atoms with Gasteiger partial charge in [0.15, 0.2) is 0 Å². The van der Waals surface area contributed by atoms with Crippen molar-refractivity contribution in [2.24, 2.45) is 0 Å². The third-order valence-electron chi connectivity index (χ3n) is 3.98. The van der Waals surface area contributed by atoms with E-state index in [4.69, 9.17) is 9.47 Å². The molecule has 0 amide bonds. The number of rotatable bonds is 3. The van der Waals surface area contributed by atoms with E-state index < -0.39 is 0 Å². The molecule has 0 unspecified atom stereocenters. The van der Waals surface area contributed by atoms with Crippen molar-refractivity contribution in [3.8, 4) is 11.4 Å². The van der Waals surface area contributed by atoms with E-state index in [0.29, 0.717) is 5.56 Å². The Hall–Kier alpha value is -2.82. The molecule has 0 spiro atoms. The number of carbonyl (C=O) groups excluding carboxylic acids is 1. The number of esters is 1. The van der Waals surface area contributed by atoms with Gasteiger partial charge in [-0.15, -0.1) is 0 Å². The predicted molar refractivity (Wildman–Crippen MR) is 88.4 cm³/mol. The molecule has 118 valence electrons. The Kier molecular flexibility index (Phi) is 3.78. The minimum Gasteiger partial charge on any atom is -0.497 e. The molecule has 0 fully saturated rings. The minimum absolute atomic E-state index is 0.344. The molecule has 0 atom stereocenters. The molecule has 0 aliphatic heterocycles. The number of benzene rings is 2. The summed E-state index contributed by atoms with van der Waals surface area (Å²) in [5.74, 6) is 1.27. The Morgan fingerprint density at radius 3 is 2.61 bits per heavy atom. The first-order valence-corrected chi connectivity index (χ1v) is 7.28. The number of hydrogen-bond acceptors (Lipinski definition) is 4. The highest BCUT2D eigenvalue weighted by Crippen LogP contribution is 2.28. The number of aryl methyl sites for hydroxylation is 1. The van der Waals surface area contributed by atoms with Crippen molar-refractivity contribution >= 4 is 17.0 Å². The van der Waals surface area contributed by atoms with Gasteiger partial charge in [-0.25, -0.2) is 9.78 Å². The summed E-state index contributed by atoms with van der Waals surface area (Å²) in [5, 5.41) is 0. The first-order valence-electron chi connectivity index (χ1n) is 7.28. The van der Waals surface area contributed by atoms with E-state index in [9.17, 15) is 4.79 Å².